The van der Waals surface area contributed by atoms with Crippen molar-refractivity contribution in [3.05, 3.63) is 134 Å². The van der Waals surface area contributed by atoms with Crippen LogP contribution in [-0.4, -0.2) is 37.2 Å². The molecule has 0 aliphatic carbocycles. The molecule has 0 spiro atoms. The number of carbonyl (C=O) groups excluding carboxylic acids is 3. The second-order valence-corrected chi connectivity index (χ2v) is 22.3. The van der Waals surface area contributed by atoms with Crippen LogP contribution in [0.5, 0.6) is 0 Å². The summed E-state index contributed by atoms with van der Waals surface area (Å²) in [6.07, 6.45) is 97.5. The van der Waals surface area contributed by atoms with E-state index in [-0.39, 0.29) is 37.5 Å². The average molecular weight is 1140 g/mol. The summed E-state index contributed by atoms with van der Waals surface area (Å²) in [6.45, 7) is 6.47. The van der Waals surface area contributed by atoms with Crippen molar-refractivity contribution in [2.75, 3.05) is 13.2 Å². The van der Waals surface area contributed by atoms with Gasteiger partial charge < -0.3 is 14.2 Å². The van der Waals surface area contributed by atoms with E-state index >= 15 is 0 Å². The maximum atomic E-state index is 13.0. The second-order valence-electron chi connectivity index (χ2n) is 22.3. The van der Waals surface area contributed by atoms with Crippen LogP contribution in [0.2, 0.25) is 0 Å². The van der Waals surface area contributed by atoms with Crippen molar-refractivity contribution in [2.45, 2.75) is 316 Å². The van der Waals surface area contributed by atoms with E-state index in [0.717, 1.165) is 109 Å². The van der Waals surface area contributed by atoms with E-state index in [2.05, 4.69) is 154 Å². The average Bonchev–Trinajstić information content (AvgIpc) is 3.47. The fourth-order valence-electron chi connectivity index (χ4n) is 9.26. The third-order valence-electron chi connectivity index (χ3n) is 14.4. The summed E-state index contributed by atoms with van der Waals surface area (Å²) >= 11 is 0. The highest BCUT2D eigenvalue weighted by Crippen LogP contribution is 2.16. The quantitative estimate of drug-likeness (QED) is 0.0261. The maximum Gasteiger partial charge on any atom is 0.306 e. The van der Waals surface area contributed by atoms with Crippen LogP contribution in [0, 0.1) is 0 Å². The highest BCUT2D eigenvalue weighted by Gasteiger charge is 2.19. The van der Waals surface area contributed by atoms with Gasteiger partial charge in [0, 0.05) is 19.3 Å². The maximum absolute atomic E-state index is 13.0. The summed E-state index contributed by atoms with van der Waals surface area (Å²) in [5.74, 6) is -0.969. The summed E-state index contributed by atoms with van der Waals surface area (Å²) in [5, 5.41) is 0. The second kappa shape index (κ2) is 69.0. The van der Waals surface area contributed by atoms with Crippen LogP contribution >= 0.6 is 0 Å². The molecule has 466 valence electrons. The predicted molar refractivity (Wildman–Crippen MR) is 357 cm³/mol. The molecule has 0 aliphatic rings. The first kappa shape index (κ1) is 77.5. The number of carbonyl (C=O) groups is 3. The minimum Gasteiger partial charge on any atom is -0.462 e. The molecule has 0 N–H and O–H groups in total. The predicted octanol–water partition coefficient (Wildman–Crippen LogP) is 23.7. The molecular weight excluding hydrogens is 1010 g/mol. The van der Waals surface area contributed by atoms with Crippen LogP contribution in [0.15, 0.2) is 134 Å². The molecule has 0 aliphatic heterocycles. The van der Waals surface area contributed by atoms with Crippen molar-refractivity contribution in [3.8, 4) is 0 Å². The molecule has 1 atom stereocenters. The number of ether oxygens (including phenoxy) is 3. The van der Waals surface area contributed by atoms with Gasteiger partial charge in [-0.25, -0.2) is 0 Å². The number of esters is 3. The molecule has 0 aromatic rings. The normalized spacial score (nSPS) is 13.0. The Balaban J connectivity index is 4.50. The van der Waals surface area contributed by atoms with Gasteiger partial charge in [0.15, 0.2) is 6.10 Å². The van der Waals surface area contributed by atoms with Crippen LogP contribution in [0.25, 0.3) is 0 Å². The number of allylic oxidation sites excluding steroid dienone is 22. The lowest BCUT2D eigenvalue weighted by Crippen LogP contribution is -2.30. The lowest BCUT2D eigenvalue weighted by atomic mass is 10.0. The largest absolute Gasteiger partial charge is 0.462 e. The Morgan fingerprint density at radius 2 is 0.488 bits per heavy atom. The molecule has 6 heteroatoms. The Bertz CT molecular complexity index is 1730. The Labute approximate surface area is 506 Å². The van der Waals surface area contributed by atoms with Gasteiger partial charge in [-0.3, -0.25) is 14.4 Å². The van der Waals surface area contributed by atoms with Crippen molar-refractivity contribution in [1.29, 1.82) is 0 Å². The van der Waals surface area contributed by atoms with Crippen molar-refractivity contribution < 1.29 is 28.6 Å². The number of hydrogen-bond donors (Lipinski definition) is 0. The number of hydrogen-bond acceptors (Lipinski definition) is 6. The van der Waals surface area contributed by atoms with E-state index in [1.165, 1.54) is 154 Å². The van der Waals surface area contributed by atoms with Gasteiger partial charge in [-0.05, 0) is 135 Å². The molecular formula is C76H126O6. The SMILES string of the molecule is CC/C=C\C/C=C\C/C=C\C/C=C\C/C=C\C/C=C\C/C=C\CCCC(=O)OCC(COC(=O)CCCCCCCCC/C=C\C/C=C\CCCCCC)OC(=O)CCCCCCCCCCCCC/C=C\C/C=C\CCCCCCC. The minimum atomic E-state index is -0.813. The molecule has 0 aromatic carbocycles. The zero-order valence-electron chi connectivity index (χ0n) is 53.5. The molecule has 6 nitrogen and oxygen atoms in total. The molecule has 0 amide bonds. The Morgan fingerprint density at radius 1 is 0.256 bits per heavy atom. The van der Waals surface area contributed by atoms with Crippen LogP contribution in [-0.2, 0) is 28.6 Å². The van der Waals surface area contributed by atoms with Crippen molar-refractivity contribution in [1.82, 2.24) is 0 Å². The zero-order chi connectivity index (χ0) is 59.2. The summed E-state index contributed by atoms with van der Waals surface area (Å²) in [5.41, 5.74) is 0. The van der Waals surface area contributed by atoms with Crippen LogP contribution in [0.3, 0.4) is 0 Å². The van der Waals surface area contributed by atoms with Gasteiger partial charge in [0.2, 0.25) is 0 Å². The molecule has 0 fully saturated rings. The molecule has 0 radical (unpaired) electrons. The van der Waals surface area contributed by atoms with E-state index in [0.29, 0.717) is 19.3 Å². The number of rotatable bonds is 61. The molecule has 0 rings (SSSR count). The van der Waals surface area contributed by atoms with Gasteiger partial charge in [-0.1, -0.05) is 289 Å². The lowest BCUT2D eigenvalue weighted by molar-refractivity contribution is -0.167. The first-order chi connectivity index (χ1) is 40.5. The Morgan fingerprint density at radius 3 is 0.805 bits per heavy atom. The first-order valence-corrected chi connectivity index (χ1v) is 34.2. The van der Waals surface area contributed by atoms with Crippen LogP contribution in [0.1, 0.15) is 310 Å². The lowest BCUT2D eigenvalue weighted by Gasteiger charge is -2.18. The monoisotopic (exact) mass is 1130 g/mol. The smallest absolute Gasteiger partial charge is 0.306 e. The fourth-order valence-corrected chi connectivity index (χ4v) is 9.26. The summed E-state index contributed by atoms with van der Waals surface area (Å²) in [6, 6.07) is 0. The Hall–Kier alpha value is -4.45. The molecule has 0 saturated carbocycles. The molecule has 0 bridgehead atoms. The van der Waals surface area contributed by atoms with E-state index in [9.17, 15) is 14.4 Å². The standard InChI is InChI=1S/C76H126O6/c1-4-7-10-13-16-19-22-25-28-31-34-36-38-40-42-45-48-51-54-57-60-63-66-69-75(78)81-72-73(71-80-74(77)68-65-62-59-56-53-50-47-44-33-30-27-24-21-18-15-12-9-6-3)82-76(79)70-67-64-61-58-55-52-49-46-43-41-39-37-35-32-29-26-23-20-17-14-11-8-5-2/h7,10,16,19,21,23-26,28,30,32-36,40,42,48,51,57,60,73H,4-6,8-9,11-15,17-18,20,22,27,29,31,37-39,41,43-47,49-50,52-56,58-59,61-72H2,1-3H3/b10-7-,19-16-,24-21-,26-23-,28-25-,33-30-,35-32-,36-34-,42-40-,51-48-,60-57-. The van der Waals surface area contributed by atoms with Crippen molar-refractivity contribution in [3.63, 3.8) is 0 Å². The van der Waals surface area contributed by atoms with E-state index < -0.39 is 6.10 Å². The highest BCUT2D eigenvalue weighted by atomic mass is 16.6. The van der Waals surface area contributed by atoms with Crippen LogP contribution in [0.4, 0.5) is 0 Å². The zero-order valence-corrected chi connectivity index (χ0v) is 53.5. The van der Waals surface area contributed by atoms with Gasteiger partial charge in [0.25, 0.3) is 0 Å². The minimum absolute atomic E-state index is 0.104. The number of unbranched alkanes of at least 4 members (excludes halogenated alkanes) is 28. The van der Waals surface area contributed by atoms with E-state index in [1.807, 2.05) is 0 Å². The van der Waals surface area contributed by atoms with Crippen LogP contribution < -0.4 is 0 Å². The van der Waals surface area contributed by atoms with Gasteiger partial charge in [0.1, 0.15) is 13.2 Å². The van der Waals surface area contributed by atoms with E-state index in [4.69, 9.17) is 14.2 Å². The molecule has 0 saturated heterocycles. The van der Waals surface area contributed by atoms with Crippen molar-refractivity contribution >= 4 is 17.9 Å². The van der Waals surface area contributed by atoms with Gasteiger partial charge >= 0.3 is 17.9 Å². The fraction of sp³-hybridized carbons (Fsp3) is 0.671. The molecule has 0 aromatic heterocycles. The summed E-state index contributed by atoms with van der Waals surface area (Å²) in [7, 11) is 0. The third-order valence-corrected chi connectivity index (χ3v) is 14.4. The van der Waals surface area contributed by atoms with E-state index in [1.54, 1.807) is 0 Å². The van der Waals surface area contributed by atoms with Gasteiger partial charge in [-0.2, -0.15) is 0 Å². The topological polar surface area (TPSA) is 78.9 Å². The first-order valence-electron chi connectivity index (χ1n) is 34.2. The van der Waals surface area contributed by atoms with Gasteiger partial charge in [-0.15, -0.1) is 0 Å². The van der Waals surface area contributed by atoms with Gasteiger partial charge in [0.05, 0.1) is 0 Å². The highest BCUT2D eigenvalue weighted by molar-refractivity contribution is 5.71. The summed E-state index contributed by atoms with van der Waals surface area (Å²) < 4.78 is 16.9. The molecule has 1 unspecified atom stereocenters. The molecule has 0 heterocycles. The third kappa shape index (κ3) is 66.4. The molecule has 82 heavy (non-hydrogen) atoms. The Kier molecular flexibility index (Phi) is 65.3. The van der Waals surface area contributed by atoms with Crippen molar-refractivity contribution in [2.24, 2.45) is 0 Å². The summed E-state index contributed by atoms with van der Waals surface area (Å²) in [4.78, 5) is 38.4.